The van der Waals surface area contributed by atoms with E-state index in [4.69, 9.17) is 9.26 Å². The van der Waals surface area contributed by atoms with Gasteiger partial charge in [-0.25, -0.2) is 0 Å². The number of hydrogen-bond donors (Lipinski definition) is 2. The zero-order valence-corrected chi connectivity index (χ0v) is 16.1. The van der Waals surface area contributed by atoms with Crippen LogP contribution >= 0.6 is 12.4 Å². The van der Waals surface area contributed by atoms with Gasteiger partial charge < -0.3 is 19.9 Å². The van der Waals surface area contributed by atoms with Crippen molar-refractivity contribution in [2.45, 2.75) is 51.2 Å². The number of nitrogens with one attached hydrogen (secondary N) is 2. The molecular weight excluding hydrogens is 368 g/mol. The SMILES string of the molecule is C[C@H]1C[C@@H](C(=O)Nc2ccc(OCc3noc(C4CC4)n3)cc2)CCN1.Cl. The number of hydrogen-bond acceptors (Lipinski definition) is 6. The van der Waals surface area contributed by atoms with Gasteiger partial charge in [-0.05, 0) is 63.4 Å². The smallest absolute Gasteiger partial charge is 0.229 e. The van der Waals surface area contributed by atoms with Gasteiger partial charge in [0.2, 0.25) is 17.6 Å². The molecule has 1 aromatic heterocycles. The summed E-state index contributed by atoms with van der Waals surface area (Å²) in [5.74, 6) is 2.59. The molecule has 27 heavy (non-hydrogen) atoms. The Morgan fingerprint density at radius 3 is 2.78 bits per heavy atom. The van der Waals surface area contributed by atoms with Crippen molar-refractivity contribution in [1.82, 2.24) is 15.5 Å². The Kier molecular flexibility index (Phi) is 6.34. The first-order valence-electron chi connectivity index (χ1n) is 9.27. The van der Waals surface area contributed by atoms with E-state index in [1.165, 1.54) is 0 Å². The molecule has 1 aromatic carbocycles. The summed E-state index contributed by atoms with van der Waals surface area (Å²) < 4.78 is 10.9. The maximum Gasteiger partial charge on any atom is 0.229 e. The molecular formula is C19H25ClN4O3. The van der Waals surface area contributed by atoms with Crippen molar-refractivity contribution >= 4 is 24.0 Å². The zero-order valence-electron chi connectivity index (χ0n) is 15.3. The van der Waals surface area contributed by atoms with Crippen LogP contribution < -0.4 is 15.4 Å². The Balaban J connectivity index is 0.00000210. The van der Waals surface area contributed by atoms with E-state index >= 15 is 0 Å². The van der Waals surface area contributed by atoms with E-state index in [9.17, 15) is 4.79 Å². The number of ether oxygens (including phenoxy) is 1. The molecule has 0 bridgehead atoms. The minimum absolute atomic E-state index is 0. The fraction of sp³-hybridized carbons (Fsp3) is 0.526. The third-order valence-corrected chi connectivity index (χ3v) is 4.89. The molecule has 1 amide bonds. The van der Waals surface area contributed by atoms with Gasteiger partial charge in [-0.1, -0.05) is 5.16 Å². The maximum atomic E-state index is 12.4. The molecule has 1 aliphatic heterocycles. The maximum absolute atomic E-state index is 12.4. The van der Waals surface area contributed by atoms with Crippen LogP contribution in [0.5, 0.6) is 5.75 Å². The highest BCUT2D eigenvalue weighted by atomic mass is 35.5. The molecule has 7 nitrogen and oxygen atoms in total. The van der Waals surface area contributed by atoms with Crippen LogP contribution in [0.15, 0.2) is 28.8 Å². The summed E-state index contributed by atoms with van der Waals surface area (Å²) in [6.07, 6.45) is 4.02. The first kappa shape index (κ1) is 19.6. The molecule has 1 aliphatic carbocycles. The van der Waals surface area contributed by atoms with Crippen LogP contribution in [-0.2, 0) is 11.4 Å². The minimum Gasteiger partial charge on any atom is -0.485 e. The number of nitrogens with zero attached hydrogens (tertiary/aromatic N) is 2. The van der Waals surface area contributed by atoms with E-state index in [0.29, 0.717) is 29.4 Å². The van der Waals surface area contributed by atoms with Gasteiger partial charge in [0, 0.05) is 23.6 Å². The van der Waals surface area contributed by atoms with Gasteiger partial charge in [0.25, 0.3) is 0 Å². The summed E-state index contributed by atoms with van der Waals surface area (Å²) in [5, 5.41) is 10.3. The largest absolute Gasteiger partial charge is 0.485 e. The van der Waals surface area contributed by atoms with Gasteiger partial charge in [0.15, 0.2) is 6.61 Å². The first-order chi connectivity index (χ1) is 12.7. The topological polar surface area (TPSA) is 89.3 Å². The Morgan fingerprint density at radius 2 is 2.07 bits per heavy atom. The van der Waals surface area contributed by atoms with E-state index in [-0.39, 0.29) is 30.8 Å². The molecule has 8 heteroatoms. The first-order valence-corrected chi connectivity index (χ1v) is 9.27. The summed E-state index contributed by atoms with van der Waals surface area (Å²) in [4.78, 5) is 16.7. The third-order valence-electron chi connectivity index (χ3n) is 4.89. The predicted molar refractivity (Wildman–Crippen MR) is 103 cm³/mol. The Hall–Kier alpha value is -2.12. The lowest BCUT2D eigenvalue weighted by Gasteiger charge is -2.27. The van der Waals surface area contributed by atoms with Gasteiger partial charge >= 0.3 is 0 Å². The second kappa shape index (κ2) is 8.71. The van der Waals surface area contributed by atoms with E-state index in [2.05, 4.69) is 27.7 Å². The van der Waals surface area contributed by atoms with Gasteiger partial charge in [0.1, 0.15) is 5.75 Å². The van der Waals surface area contributed by atoms with Crippen molar-refractivity contribution < 1.29 is 14.1 Å². The fourth-order valence-electron chi connectivity index (χ4n) is 3.22. The molecule has 2 aromatic rings. The van der Waals surface area contributed by atoms with E-state index in [0.717, 1.165) is 37.9 Å². The Bertz CT molecular complexity index is 761. The molecule has 146 valence electrons. The molecule has 0 radical (unpaired) electrons. The Morgan fingerprint density at radius 1 is 1.30 bits per heavy atom. The quantitative estimate of drug-likeness (QED) is 0.784. The van der Waals surface area contributed by atoms with E-state index < -0.39 is 0 Å². The number of rotatable bonds is 6. The van der Waals surface area contributed by atoms with Crippen LogP contribution in [0.3, 0.4) is 0 Å². The summed E-state index contributed by atoms with van der Waals surface area (Å²) in [7, 11) is 0. The molecule has 2 aliphatic rings. The molecule has 2 heterocycles. The number of anilines is 1. The summed E-state index contributed by atoms with van der Waals surface area (Å²) in [5.41, 5.74) is 0.782. The highest BCUT2D eigenvalue weighted by Crippen LogP contribution is 2.38. The standard InChI is InChI=1S/C19H24N4O3.ClH/c1-12-10-14(8-9-20-12)18(24)21-15-4-6-16(7-5-15)25-11-17-22-19(26-23-17)13-2-3-13;/h4-7,12-14,20H,2-3,8-11H2,1H3,(H,21,24);1H/t12-,14-;/m0./s1. The summed E-state index contributed by atoms with van der Waals surface area (Å²) in [6, 6.07) is 7.76. The summed E-state index contributed by atoms with van der Waals surface area (Å²) >= 11 is 0. The molecule has 1 saturated carbocycles. The van der Waals surface area contributed by atoms with Crippen molar-refractivity contribution in [3.8, 4) is 5.75 Å². The molecule has 2 N–H and O–H groups in total. The van der Waals surface area contributed by atoms with E-state index in [1.54, 1.807) is 0 Å². The van der Waals surface area contributed by atoms with Crippen LogP contribution in [0, 0.1) is 5.92 Å². The predicted octanol–water partition coefficient (Wildman–Crippen LogP) is 3.27. The third kappa shape index (κ3) is 5.20. The normalized spacial score (nSPS) is 22.0. The van der Waals surface area contributed by atoms with E-state index in [1.807, 2.05) is 24.3 Å². The molecule has 0 spiro atoms. The lowest BCUT2D eigenvalue weighted by atomic mass is 9.92. The van der Waals surface area contributed by atoms with Gasteiger partial charge in [-0.15, -0.1) is 12.4 Å². The highest BCUT2D eigenvalue weighted by Gasteiger charge is 2.29. The summed E-state index contributed by atoms with van der Waals surface area (Å²) in [6.45, 7) is 3.28. The fourth-order valence-corrected chi connectivity index (χ4v) is 3.22. The number of halogens is 1. The average Bonchev–Trinajstić information content (AvgIpc) is 3.39. The zero-order chi connectivity index (χ0) is 17.9. The van der Waals surface area contributed by atoms with Crippen LogP contribution in [0.4, 0.5) is 5.69 Å². The molecule has 4 rings (SSSR count). The van der Waals surface area contributed by atoms with Crippen molar-refractivity contribution in [2.24, 2.45) is 5.92 Å². The van der Waals surface area contributed by atoms with Crippen LogP contribution in [-0.4, -0.2) is 28.6 Å². The average molecular weight is 393 g/mol. The number of carbonyl (C=O) groups is 1. The lowest BCUT2D eigenvalue weighted by Crippen LogP contribution is -2.40. The molecule has 1 saturated heterocycles. The van der Waals surface area contributed by atoms with Gasteiger partial charge in [-0.2, -0.15) is 4.98 Å². The van der Waals surface area contributed by atoms with Crippen molar-refractivity contribution in [3.05, 3.63) is 36.0 Å². The van der Waals surface area contributed by atoms with Crippen molar-refractivity contribution in [1.29, 1.82) is 0 Å². The molecule has 0 unspecified atom stereocenters. The second-order valence-corrected chi connectivity index (χ2v) is 7.20. The number of carbonyl (C=O) groups excluding carboxylic acids is 1. The van der Waals surface area contributed by atoms with Crippen molar-refractivity contribution in [3.63, 3.8) is 0 Å². The van der Waals surface area contributed by atoms with Crippen LogP contribution in [0.25, 0.3) is 0 Å². The monoisotopic (exact) mass is 392 g/mol. The second-order valence-electron chi connectivity index (χ2n) is 7.20. The molecule has 2 atom stereocenters. The van der Waals surface area contributed by atoms with Gasteiger partial charge in [0.05, 0.1) is 0 Å². The number of aromatic nitrogens is 2. The molecule has 2 fully saturated rings. The van der Waals surface area contributed by atoms with Gasteiger partial charge in [-0.3, -0.25) is 4.79 Å². The van der Waals surface area contributed by atoms with Crippen LogP contribution in [0.1, 0.15) is 50.2 Å². The van der Waals surface area contributed by atoms with Crippen molar-refractivity contribution in [2.75, 3.05) is 11.9 Å². The Labute approximate surface area is 164 Å². The lowest BCUT2D eigenvalue weighted by molar-refractivity contribution is -0.120. The number of piperidine rings is 1. The van der Waals surface area contributed by atoms with Crippen LogP contribution in [0.2, 0.25) is 0 Å². The highest BCUT2D eigenvalue weighted by molar-refractivity contribution is 5.92. The number of amides is 1. The minimum atomic E-state index is 0. The number of benzene rings is 1.